The van der Waals surface area contributed by atoms with Crippen LogP contribution in [0.1, 0.15) is 38.1 Å². The Hall–Kier alpha value is -3.47. The van der Waals surface area contributed by atoms with E-state index in [0.717, 1.165) is 22.3 Å². The standard InChI is InChI=1S/C18H18N4O6S/c1-2-28-18(25)21-7-6-12-13(9-21)29-17(14(12)15(19)23)20-16(24)10-4-3-5-11(8-10)22(26)27/h3-5,8H,2,6-7,9H2,1H3,(H2,19,23)(H,20,24). The third-order valence-corrected chi connectivity index (χ3v) is 5.51. The number of carbonyl (C=O) groups is 3. The van der Waals surface area contributed by atoms with Crippen LogP contribution in [0.5, 0.6) is 0 Å². The van der Waals surface area contributed by atoms with Crippen LogP contribution in [0.4, 0.5) is 15.5 Å². The Balaban J connectivity index is 1.88. The number of nitro benzene ring substituents is 1. The molecule has 29 heavy (non-hydrogen) atoms. The molecule has 3 rings (SSSR count). The lowest BCUT2D eigenvalue weighted by atomic mass is 10.0. The smallest absolute Gasteiger partial charge is 0.410 e. The lowest BCUT2D eigenvalue weighted by molar-refractivity contribution is -0.384. The van der Waals surface area contributed by atoms with Gasteiger partial charge in [0.05, 0.1) is 23.6 Å². The van der Waals surface area contributed by atoms with Crippen molar-refractivity contribution in [2.24, 2.45) is 5.73 Å². The monoisotopic (exact) mass is 418 g/mol. The molecule has 3 N–H and O–H groups in total. The van der Waals surface area contributed by atoms with Gasteiger partial charge in [0.2, 0.25) is 0 Å². The molecule has 10 nitrogen and oxygen atoms in total. The Labute approximate surface area is 169 Å². The summed E-state index contributed by atoms with van der Waals surface area (Å²) in [5.74, 6) is -1.29. The molecule has 0 bridgehead atoms. The Morgan fingerprint density at radius 1 is 1.38 bits per heavy atom. The van der Waals surface area contributed by atoms with E-state index in [1.807, 2.05) is 0 Å². The molecule has 1 aliphatic heterocycles. The summed E-state index contributed by atoms with van der Waals surface area (Å²) in [6.07, 6.45) is -0.0513. The average molecular weight is 418 g/mol. The highest BCUT2D eigenvalue weighted by atomic mass is 32.1. The summed E-state index contributed by atoms with van der Waals surface area (Å²) in [5.41, 5.74) is 6.28. The highest BCUT2D eigenvalue weighted by Gasteiger charge is 2.30. The zero-order valence-corrected chi connectivity index (χ0v) is 16.3. The second kappa shape index (κ2) is 8.27. The molecule has 11 heteroatoms. The van der Waals surface area contributed by atoms with Crippen LogP contribution in [0, 0.1) is 10.1 Å². The number of nitrogens with two attached hydrogens (primary N) is 1. The average Bonchev–Trinajstić information content (AvgIpc) is 3.05. The van der Waals surface area contributed by atoms with Crippen LogP contribution in [0.25, 0.3) is 0 Å². The SMILES string of the molecule is CCOC(=O)N1CCc2c(sc(NC(=O)c3cccc([N+](=O)[O-])c3)c2C(N)=O)C1. The number of ether oxygens (including phenoxy) is 1. The lowest BCUT2D eigenvalue weighted by Crippen LogP contribution is -2.36. The van der Waals surface area contributed by atoms with Crippen LogP contribution in [0.3, 0.4) is 0 Å². The Kier molecular flexibility index (Phi) is 5.78. The van der Waals surface area contributed by atoms with E-state index in [1.54, 1.807) is 6.92 Å². The minimum atomic E-state index is -0.693. The summed E-state index contributed by atoms with van der Waals surface area (Å²) in [4.78, 5) is 49.1. The Morgan fingerprint density at radius 3 is 2.79 bits per heavy atom. The fraction of sp³-hybridized carbons (Fsp3) is 0.278. The number of nitrogens with zero attached hydrogens (tertiary/aromatic N) is 2. The molecule has 1 aromatic carbocycles. The zero-order chi connectivity index (χ0) is 21.1. The van der Waals surface area contributed by atoms with E-state index in [-0.39, 0.29) is 35.0 Å². The fourth-order valence-corrected chi connectivity index (χ4v) is 4.32. The Bertz CT molecular complexity index is 1000. The number of anilines is 1. The van der Waals surface area contributed by atoms with Gasteiger partial charge in [-0.15, -0.1) is 11.3 Å². The molecule has 152 valence electrons. The van der Waals surface area contributed by atoms with Gasteiger partial charge in [0.1, 0.15) is 5.00 Å². The number of benzene rings is 1. The molecule has 0 aliphatic carbocycles. The molecule has 1 aliphatic rings. The second-order valence-corrected chi connectivity index (χ2v) is 7.31. The van der Waals surface area contributed by atoms with E-state index in [9.17, 15) is 24.5 Å². The second-order valence-electron chi connectivity index (χ2n) is 6.20. The first kappa shape index (κ1) is 20.3. The highest BCUT2D eigenvalue weighted by molar-refractivity contribution is 7.17. The maximum Gasteiger partial charge on any atom is 0.410 e. The van der Waals surface area contributed by atoms with Gasteiger partial charge in [-0.3, -0.25) is 19.7 Å². The quantitative estimate of drug-likeness (QED) is 0.564. The van der Waals surface area contributed by atoms with Gasteiger partial charge in [-0.05, 0) is 25.0 Å². The van der Waals surface area contributed by atoms with Gasteiger partial charge in [-0.2, -0.15) is 0 Å². The fourth-order valence-electron chi connectivity index (χ4n) is 3.06. The van der Waals surface area contributed by atoms with Gasteiger partial charge in [0.15, 0.2) is 0 Å². The van der Waals surface area contributed by atoms with Gasteiger partial charge >= 0.3 is 6.09 Å². The first-order chi connectivity index (χ1) is 13.8. The van der Waals surface area contributed by atoms with Gasteiger partial charge < -0.3 is 20.7 Å². The van der Waals surface area contributed by atoms with Crippen LogP contribution >= 0.6 is 11.3 Å². The zero-order valence-electron chi connectivity index (χ0n) is 15.5. The maximum atomic E-state index is 12.6. The van der Waals surface area contributed by atoms with E-state index in [1.165, 1.54) is 23.1 Å². The van der Waals surface area contributed by atoms with Gasteiger partial charge in [0.25, 0.3) is 17.5 Å². The normalized spacial score (nSPS) is 12.8. The molecule has 0 saturated carbocycles. The minimum absolute atomic E-state index is 0.0779. The number of nitrogens with one attached hydrogen (secondary N) is 1. The summed E-state index contributed by atoms with van der Waals surface area (Å²) >= 11 is 1.15. The van der Waals surface area contributed by atoms with Crippen LogP contribution in [-0.4, -0.2) is 40.9 Å². The Morgan fingerprint density at radius 2 is 2.14 bits per heavy atom. The minimum Gasteiger partial charge on any atom is -0.450 e. The van der Waals surface area contributed by atoms with E-state index in [2.05, 4.69) is 5.32 Å². The van der Waals surface area contributed by atoms with Crippen LogP contribution in [-0.2, 0) is 17.7 Å². The van der Waals surface area contributed by atoms with Crippen molar-refractivity contribution in [1.29, 1.82) is 0 Å². The maximum absolute atomic E-state index is 12.6. The summed E-state index contributed by atoms with van der Waals surface area (Å²) in [7, 11) is 0. The topological polar surface area (TPSA) is 145 Å². The summed E-state index contributed by atoms with van der Waals surface area (Å²) in [6.45, 7) is 2.57. The number of non-ortho nitro benzene ring substituents is 1. The van der Waals surface area contributed by atoms with Crippen molar-refractivity contribution in [2.75, 3.05) is 18.5 Å². The molecule has 2 aromatic rings. The molecular formula is C18H18N4O6S. The molecule has 1 aromatic heterocycles. The molecule has 0 unspecified atom stereocenters. The van der Waals surface area contributed by atoms with Gasteiger partial charge in [-0.1, -0.05) is 6.07 Å². The molecule has 0 spiro atoms. The van der Waals surface area contributed by atoms with Crippen LogP contribution in [0.15, 0.2) is 24.3 Å². The summed E-state index contributed by atoms with van der Waals surface area (Å²) < 4.78 is 5.01. The molecule has 3 amide bonds. The molecule has 0 atom stereocenters. The van der Waals surface area contributed by atoms with Crippen molar-refractivity contribution in [1.82, 2.24) is 4.90 Å². The number of nitro groups is 1. The number of hydrogen-bond donors (Lipinski definition) is 2. The molecule has 0 radical (unpaired) electrons. The summed E-state index contributed by atoms with van der Waals surface area (Å²) in [6, 6.07) is 5.26. The van der Waals surface area contributed by atoms with E-state index in [0.29, 0.717) is 18.5 Å². The van der Waals surface area contributed by atoms with Crippen molar-refractivity contribution >= 4 is 39.9 Å². The molecule has 2 heterocycles. The predicted molar refractivity (Wildman–Crippen MR) is 105 cm³/mol. The first-order valence-electron chi connectivity index (χ1n) is 8.73. The number of fused-ring (bicyclic) bond motifs is 1. The van der Waals surface area contributed by atoms with Crippen molar-refractivity contribution in [2.45, 2.75) is 19.9 Å². The number of primary amides is 1. The highest BCUT2D eigenvalue weighted by Crippen LogP contribution is 2.37. The van der Waals surface area contributed by atoms with Gasteiger partial charge in [-0.25, -0.2) is 4.79 Å². The molecule has 0 saturated heterocycles. The summed E-state index contributed by atoms with van der Waals surface area (Å²) in [5, 5.41) is 13.8. The largest absolute Gasteiger partial charge is 0.450 e. The number of thiophene rings is 1. The van der Waals surface area contributed by atoms with Crippen molar-refractivity contribution in [3.05, 3.63) is 55.9 Å². The number of amides is 3. The van der Waals surface area contributed by atoms with Crippen molar-refractivity contribution < 1.29 is 24.0 Å². The number of hydrogen-bond acceptors (Lipinski definition) is 7. The molecule has 0 fully saturated rings. The van der Waals surface area contributed by atoms with E-state index < -0.39 is 22.8 Å². The predicted octanol–water partition coefficient (Wildman–Crippen LogP) is 2.52. The number of rotatable bonds is 5. The van der Waals surface area contributed by atoms with E-state index in [4.69, 9.17) is 10.5 Å². The molecular weight excluding hydrogens is 400 g/mol. The first-order valence-corrected chi connectivity index (χ1v) is 9.55. The number of carbonyl (C=O) groups excluding carboxylic acids is 3. The van der Waals surface area contributed by atoms with Crippen molar-refractivity contribution in [3.8, 4) is 0 Å². The van der Waals surface area contributed by atoms with Crippen LogP contribution in [0.2, 0.25) is 0 Å². The third kappa shape index (κ3) is 4.19. The lowest BCUT2D eigenvalue weighted by Gasteiger charge is -2.26. The third-order valence-electron chi connectivity index (χ3n) is 4.38. The van der Waals surface area contributed by atoms with Crippen LogP contribution < -0.4 is 11.1 Å². The van der Waals surface area contributed by atoms with E-state index >= 15 is 0 Å². The van der Waals surface area contributed by atoms with Crippen molar-refractivity contribution in [3.63, 3.8) is 0 Å². The van der Waals surface area contributed by atoms with Gasteiger partial charge in [0, 0.05) is 29.1 Å².